The molecule has 0 N–H and O–H groups in total. The highest BCUT2D eigenvalue weighted by molar-refractivity contribution is 7.58. The van der Waals surface area contributed by atoms with E-state index in [2.05, 4.69) is 6.92 Å². The van der Waals surface area contributed by atoms with Crippen LogP contribution in [0.25, 0.3) is 0 Å². The smallest absolute Gasteiger partial charge is 0.309 e. The van der Waals surface area contributed by atoms with Gasteiger partial charge in [-0.1, -0.05) is 18.6 Å². The van der Waals surface area contributed by atoms with E-state index in [0.717, 1.165) is 6.42 Å². The minimum absolute atomic E-state index is 0.397. The molecule has 0 saturated carbocycles. The fourth-order valence-corrected chi connectivity index (χ4v) is 3.06. The lowest BCUT2D eigenvalue weighted by atomic mass is 9.97. The van der Waals surface area contributed by atoms with Crippen molar-refractivity contribution >= 4 is 7.60 Å². The number of hydrogen-bond donors (Lipinski definition) is 0. The van der Waals surface area contributed by atoms with Gasteiger partial charge in [0.2, 0.25) is 0 Å². The van der Waals surface area contributed by atoms with Crippen molar-refractivity contribution in [3.05, 3.63) is 23.0 Å². The molecule has 0 saturated heterocycles. The molecule has 0 aromatic carbocycles. The van der Waals surface area contributed by atoms with Gasteiger partial charge in [-0.05, 0) is 25.3 Å². The lowest BCUT2D eigenvalue weighted by Crippen LogP contribution is -2.02. The zero-order valence-corrected chi connectivity index (χ0v) is 10.0. The van der Waals surface area contributed by atoms with Crippen molar-refractivity contribution in [2.45, 2.75) is 20.3 Å². The van der Waals surface area contributed by atoms with Gasteiger partial charge in [0.05, 0.1) is 5.31 Å². The molecule has 0 aromatic rings. The van der Waals surface area contributed by atoms with Gasteiger partial charge in [-0.15, -0.1) is 0 Å². The molecule has 0 heterocycles. The van der Waals surface area contributed by atoms with Gasteiger partial charge < -0.3 is 9.05 Å². The van der Waals surface area contributed by atoms with Crippen molar-refractivity contribution in [1.82, 2.24) is 0 Å². The van der Waals surface area contributed by atoms with E-state index in [1.54, 1.807) is 0 Å². The van der Waals surface area contributed by atoms with Gasteiger partial charge in [0.1, 0.15) is 0 Å². The van der Waals surface area contributed by atoms with Crippen molar-refractivity contribution in [3.63, 3.8) is 0 Å². The first-order valence-corrected chi connectivity index (χ1v) is 6.17. The Balaban J connectivity index is 3.03. The second kappa shape index (κ2) is 4.43. The van der Waals surface area contributed by atoms with Crippen LogP contribution in [0, 0.1) is 5.92 Å². The van der Waals surface area contributed by atoms with E-state index < -0.39 is 7.60 Å². The second-order valence-electron chi connectivity index (χ2n) is 3.63. The molecule has 1 atom stereocenters. The summed E-state index contributed by atoms with van der Waals surface area (Å²) in [6.07, 6.45) is 4.87. The minimum atomic E-state index is -3.05. The molecule has 0 aromatic heterocycles. The normalized spacial score (nSPS) is 23.0. The molecule has 0 radical (unpaired) electrons. The average Bonchev–Trinajstić information content (AvgIpc) is 2.15. The fourth-order valence-electron chi connectivity index (χ4n) is 1.67. The zero-order valence-electron chi connectivity index (χ0n) is 9.11. The highest BCUT2D eigenvalue weighted by atomic mass is 31.2. The van der Waals surface area contributed by atoms with Gasteiger partial charge in [0.15, 0.2) is 0 Å². The summed E-state index contributed by atoms with van der Waals surface area (Å²) in [5, 5.41) is 0.679. The van der Waals surface area contributed by atoms with Gasteiger partial charge in [-0.3, -0.25) is 4.57 Å². The Kier molecular flexibility index (Phi) is 3.71. The number of allylic oxidation sites excluding steroid dienone is 4. The third-order valence-corrected chi connectivity index (χ3v) is 4.16. The predicted octanol–water partition coefficient (Wildman–Crippen LogP) is 3.34. The van der Waals surface area contributed by atoms with Gasteiger partial charge in [-0.2, -0.15) is 0 Å². The Hall–Kier alpha value is -0.370. The molecule has 1 rings (SSSR count). The Labute approximate surface area is 85.3 Å². The molecular weight excluding hydrogens is 199 g/mol. The summed E-state index contributed by atoms with van der Waals surface area (Å²) >= 11 is 0. The zero-order chi connectivity index (χ0) is 10.8. The lowest BCUT2D eigenvalue weighted by Gasteiger charge is -2.21. The lowest BCUT2D eigenvalue weighted by molar-refractivity contribution is 0.283. The van der Waals surface area contributed by atoms with Gasteiger partial charge >= 0.3 is 7.60 Å². The Morgan fingerprint density at radius 1 is 1.43 bits per heavy atom. The molecule has 0 spiro atoms. The molecule has 3 nitrogen and oxygen atoms in total. The standard InChI is InChI=1S/C10H17O3P/c1-8-5-9(2)7-10(6-8)14(11,12-3)13-4/h6-8H,5H2,1-4H3. The van der Waals surface area contributed by atoms with Crippen LogP contribution in [0.1, 0.15) is 20.3 Å². The van der Waals surface area contributed by atoms with Crippen LogP contribution >= 0.6 is 7.60 Å². The van der Waals surface area contributed by atoms with Gasteiger partial charge in [0.25, 0.3) is 0 Å². The van der Waals surface area contributed by atoms with E-state index in [1.165, 1.54) is 19.8 Å². The average molecular weight is 216 g/mol. The van der Waals surface area contributed by atoms with Gasteiger partial charge in [0, 0.05) is 14.2 Å². The molecule has 0 amide bonds. The highest BCUT2D eigenvalue weighted by Crippen LogP contribution is 2.56. The van der Waals surface area contributed by atoms with E-state index in [4.69, 9.17) is 9.05 Å². The van der Waals surface area contributed by atoms with Crippen molar-refractivity contribution in [2.75, 3.05) is 14.2 Å². The molecule has 1 aliphatic carbocycles. The molecule has 1 unspecified atom stereocenters. The molecule has 1 aliphatic rings. The Morgan fingerprint density at radius 3 is 2.43 bits per heavy atom. The molecule has 80 valence electrons. The first-order chi connectivity index (χ1) is 6.51. The summed E-state index contributed by atoms with van der Waals surface area (Å²) in [6.45, 7) is 4.12. The van der Waals surface area contributed by atoms with E-state index in [1.807, 2.05) is 19.1 Å². The van der Waals surface area contributed by atoms with Crippen molar-refractivity contribution in [1.29, 1.82) is 0 Å². The molecule has 4 heteroatoms. The molecule has 0 bridgehead atoms. The monoisotopic (exact) mass is 216 g/mol. The first-order valence-electron chi connectivity index (χ1n) is 4.63. The van der Waals surface area contributed by atoms with Crippen LogP contribution in [0.4, 0.5) is 0 Å². The molecule has 14 heavy (non-hydrogen) atoms. The van der Waals surface area contributed by atoms with Crippen molar-refractivity contribution in [2.24, 2.45) is 5.92 Å². The van der Waals surface area contributed by atoms with Crippen LogP contribution in [-0.4, -0.2) is 14.2 Å². The van der Waals surface area contributed by atoms with Gasteiger partial charge in [-0.25, -0.2) is 0 Å². The largest absolute Gasteiger partial charge is 0.360 e. The third-order valence-electron chi connectivity index (χ3n) is 2.29. The quantitative estimate of drug-likeness (QED) is 0.678. The molecule has 0 fully saturated rings. The summed E-state index contributed by atoms with van der Waals surface area (Å²) in [5.74, 6) is 0.397. The maximum absolute atomic E-state index is 12.0. The second-order valence-corrected chi connectivity index (χ2v) is 5.87. The third kappa shape index (κ3) is 2.35. The summed E-state index contributed by atoms with van der Waals surface area (Å²) in [7, 11) is -0.226. The summed E-state index contributed by atoms with van der Waals surface area (Å²) < 4.78 is 21.9. The van der Waals surface area contributed by atoms with Crippen molar-refractivity contribution < 1.29 is 13.6 Å². The van der Waals surface area contributed by atoms with Crippen LogP contribution in [-0.2, 0) is 13.6 Å². The summed E-state index contributed by atoms with van der Waals surface area (Å²) in [4.78, 5) is 0. The summed E-state index contributed by atoms with van der Waals surface area (Å²) in [6, 6.07) is 0. The van der Waals surface area contributed by atoms with E-state index >= 15 is 0 Å². The summed E-state index contributed by atoms with van der Waals surface area (Å²) in [5.41, 5.74) is 1.21. The number of hydrogen-bond acceptors (Lipinski definition) is 3. The van der Waals surface area contributed by atoms with E-state index in [-0.39, 0.29) is 0 Å². The maximum Gasteiger partial charge on any atom is 0.360 e. The van der Waals surface area contributed by atoms with Crippen LogP contribution in [0.2, 0.25) is 0 Å². The molecular formula is C10H17O3P. The highest BCUT2D eigenvalue weighted by Gasteiger charge is 2.28. The number of rotatable bonds is 3. The predicted molar refractivity (Wildman–Crippen MR) is 57.2 cm³/mol. The van der Waals surface area contributed by atoms with Crippen molar-refractivity contribution in [3.8, 4) is 0 Å². The van der Waals surface area contributed by atoms with Crippen LogP contribution < -0.4 is 0 Å². The first kappa shape index (κ1) is 11.7. The Morgan fingerprint density at radius 2 is 2.00 bits per heavy atom. The SMILES string of the molecule is COP(=O)(OC)C1=CC(C)CC(C)=C1. The van der Waals surface area contributed by atoms with Crippen LogP contribution in [0.15, 0.2) is 23.0 Å². The Bertz CT molecular complexity index is 309. The van der Waals surface area contributed by atoms with Crippen LogP contribution in [0.3, 0.4) is 0 Å². The van der Waals surface area contributed by atoms with E-state index in [0.29, 0.717) is 11.2 Å². The van der Waals surface area contributed by atoms with Crippen LogP contribution in [0.5, 0.6) is 0 Å². The van der Waals surface area contributed by atoms with E-state index in [9.17, 15) is 4.57 Å². The topological polar surface area (TPSA) is 35.5 Å². The maximum atomic E-state index is 12.0. The minimum Gasteiger partial charge on any atom is -0.309 e. The fraction of sp³-hybridized carbons (Fsp3) is 0.600. The molecule has 0 aliphatic heterocycles.